The van der Waals surface area contributed by atoms with Crippen molar-refractivity contribution >= 4 is 52.1 Å². The molecule has 0 unspecified atom stereocenters. The Morgan fingerprint density at radius 2 is 1.53 bits per heavy atom. The topological polar surface area (TPSA) is 106 Å². The summed E-state index contributed by atoms with van der Waals surface area (Å²) in [5, 5.41) is 14.8. The fourth-order valence-electron chi connectivity index (χ4n) is 3.31. The normalized spacial score (nSPS) is 12.2. The maximum atomic E-state index is 13.0. The summed E-state index contributed by atoms with van der Waals surface area (Å²) in [5.41, 5.74) is -1.11. The van der Waals surface area contributed by atoms with Crippen LogP contribution in [0.2, 0.25) is 10.0 Å². The molecule has 3 aromatic rings. The van der Waals surface area contributed by atoms with Crippen molar-refractivity contribution in [3.63, 3.8) is 0 Å². The van der Waals surface area contributed by atoms with Gasteiger partial charge in [-0.1, -0.05) is 47.5 Å². The van der Waals surface area contributed by atoms with E-state index in [2.05, 4.69) is 5.32 Å². The van der Waals surface area contributed by atoms with E-state index < -0.39 is 33.6 Å². The number of amides is 1. The number of benzene rings is 3. The largest absolute Gasteiger partial charge is 0.322 e. The Kier molecular flexibility index (Phi) is 4.85. The fourth-order valence-corrected chi connectivity index (χ4v) is 3.61. The minimum absolute atomic E-state index is 0.0557. The Morgan fingerprint density at radius 3 is 2.17 bits per heavy atom. The molecule has 1 amide bonds. The van der Waals surface area contributed by atoms with E-state index in [4.69, 9.17) is 23.2 Å². The summed E-state index contributed by atoms with van der Waals surface area (Å²) >= 11 is 11.8. The maximum absolute atomic E-state index is 13.0. The number of nitrogens with one attached hydrogen (secondary N) is 1. The highest BCUT2D eigenvalue weighted by Crippen LogP contribution is 2.36. The zero-order valence-corrected chi connectivity index (χ0v) is 16.5. The minimum atomic E-state index is -0.832. The number of nitro benzene ring substituents is 1. The number of hydrogen-bond acceptors (Lipinski definition) is 5. The predicted molar refractivity (Wildman–Crippen MR) is 111 cm³/mol. The summed E-state index contributed by atoms with van der Waals surface area (Å²) in [5.74, 6) is -2.03. The van der Waals surface area contributed by atoms with Gasteiger partial charge in [-0.15, -0.1) is 0 Å². The number of rotatable bonds is 3. The fraction of sp³-hybridized carbons (Fsp3) is 0. The summed E-state index contributed by atoms with van der Waals surface area (Å²) in [6.07, 6.45) is 0. The van der Waals surface area contributed by atoms with Crippen molar-refractivity contribution in [1.29, 1.82) is 0 Å². The Labute approximate surface area is 179 Å². The van der Waals surface area contributed by atoms with Crippen LogP contribution >= 0.6 is 23.2 Å². The first-order chi connectivity index (χ1) is 14.3. The molecule has 0 saturated heterocycles. The quantitative estimate of drug-likeness (QED) is 0.359. The van der Waals surface area contributed by atoms with E-state index in [9.17, 15) is 24.5 Å². The van der Waals surface area contributed by atoms with Crippen LogP contribution in [-0.2, 0) is 0 Å². The van der Waals surface area contributed by atoms with Gasteiger partial charge in [0, 0.05) is 22.4 Å². The lowest BCUT2D eigenvalue weighted by Crippen LogP contribution is -2.24. The van der Waals surface area contributed by atoms with Crippen molar-refractivity contribution in [2.45, 2.75) is 0 Å². The van der Waals surface area contributed by atoms with E-state index in [1.54, 1.807) is 12.1 Å². The van der Waals surface area contributed by atoms with Crippen molar-refractivity contribution < 1.29 is 19.3 Å². The van der Waals surface area contributed by atoms with Crippen LogP contribution in [0, 0.1) is 10.1 Å². The molecular formula is C21H10Cl2N2O5. The molecule has 9 heteroatoms. The van der Waals surface area contributed by atoms with Gasteiger partial charge in [-0.3, -0.25) is 24.5 Å². The summed E-state index contributed by atoms with van der Waals surface area (Å²) in [6, 6.07) is 12.8. The van der Waals surface area contributed by atoms with Crippen molar-refractivity contribution in [2.75, 3.05) is 5.32 Å². The molecule has 1 N–H and O–H groups in total. The molecule has 0 saturated carbocycles. The lowest BCUT2D eigenvalue weighted by molar-refractivity contribution is -0.385. The molecule has 30 heavy (non-hydrogen) atoms. The number of hydrogen-bond donors (Lipinski definition) is 1. The molecule has 0 spiro atoms. The van der Waals surface area contributed by atoms with Gasteiger partial charge in [-0.25, -0.2) is 0 Å². The number of ketones is 2. The van der Waals surface area contributed by atoms with E-state index >= 15 is 0 Å². The monoisotopic (exact) mass is 440 g/mol. The summed E-state index contributed by atoms with van der Waals surface area (Å²) in [6.45, 7) is 0. The van der Waals surface area contributed by atoms with E-state index in [1.807, 2.05) is 0 Å². The molecule has 148 valence electrons. The molecular weight excluding hydrogens is 431 g/mol. The third-order valence-electron chi connectivity index (χ3n) is 4.67. The van der Waals surface area contributed by atoms with Crippen LogP contribution in [0.15, 0.2) is 54.6 Å². The van der Waals surface area contributed by atoms with Gasteiger partial charge in [-0.2, -0.15) is 0 Å². The Morgan fingerprint density at radius 1 is 0.867 bits per heavy atom. The first-order valence-electron chi connectivity index (χ1n) is 8.56. The first-order valence-corrected chi connectivity index (χ1v) is 9.31. The van der Waals surface area contributed by atoms with Crippen LogP contribution < -0.4 is 5.32 Å². The third kappa shape index (κ3) is 3.14. The van der Waals surface area contributed by atoms with Crippen LogP contribution in [0.4, 0.5) is 11.4 Å². The zero-order valence-electron chi connectivity index (χ0n) is 14.9. The summed E-state index contributed by atoms with van der Waals surface area (Å²) in [4.78, 5) is 49.5. The van der Waals surface area contributed by atoms with Gasteiger partial charge in [0.05, 0.1) is 15.0 Å². The second-order valence-electron chi connectivity index (χ2n) is 6.43. The van der Waals surface area contributed by atoms with E-state index in [0.717, 1.165) is 6.07 Å². The average Bonchev–Trinajstić information content (AvgIpc) is 2.73. The number of fused-ring (bicyclic) bond motifs is 2. The molecule has 0 aliphatic heterocycles. The van der Waals surface area contributed by atoms with Crippen LogP contribution in [-0.4, -0.2) is 22.4 Å². The highest BCUT2D eigenvalue weighted by Gasteiger charge is 2.38. The van der Waals surface area contributed by atoms with Crippen LogP contribution in [0.5, 0.6) is 0 Å². The van der Waals surface area contributed by atoms with Gasteiger partial charge in [-0.05, 0) is 30.3 Å². The molecule has 0 fully saturated rings. The molecule has 0 atom stereocenters. The minimum Gasteiger partial charge on any atom is -0.322 e. The SMILES string of the molecule is O=C1c2ccccc2C(=O)c2c1ccc(C(=O)Nc1ccc(Cl)c(Cl)c1)c2[N+](=O)[O-]. The molecule has 0 heterocycles. The summed E-state index contributed by atoms with van der Waals surface area (Å²) < 4.78 is 0. The second-order valence-corrected chi connectivity index (χ2v) is 7.24. The number of halogens is 2. The number of carbonyl (C=O) groups is 3. The highest BCUT2D eigenvalue weighted by molar-refractivity contribution is 6.42. The Hall–Kier alpha value is -3.55. The second kappa shape index (κ2) is 7.37. The smallest absolute Gasteiger partial charge is 0.294 e. The van der Waals surface area contributed by atoms with Crippen molar-refractivity contribution in [2.24, 2.45) is 0 Å². The third-order valence-corrected chi connectivity index (χ3v) is 5.41. The molecule has 0 radical (unpaired) electrons. The number of nitrogens with zero attached hydrogens (tertiary/aromatic N) is 1. The predicted octanol–water partition coefficient (Wildman–Crippen LogP) is 4.93. The molecule has 1 aliphatic rings. The lowest BCUT2D eigenvalue weighted by Gasteiger charge is -2.18. The van der Waals surface area contributed by atoms with Crippen molar-refractivity contribution in [3.05, 3.63) is 103 Å². The van der Waals surface area contributed by atoms with Gasteiger partial charge >= 0.3 is 0 Å². The molecule has 1 aliphatic carbocycles. The number of nitro groups is 1. The van der Waals surface area contributed by atoms with Crippen LogP contribution in [0.3, 0.4) is 0 Å². The number of anilines is 1. The van der Waals surface area contributed by atoms with Gasteiger partial charge in [0.25, 0.3) is 11.6 Å². The molecule has 3 aromatic carbocycles. The zero-order chi connectivity index (χ0) is 21.6. The highest BCUT2D eigenvalue weighted by atomic mass is 35.5. The van der Waals surface area contributed by atoms with E-state index in [0.29, 0.717) is 0 Å². The average molecular weight is 441 g/mol. The molecule has 0 aromatic heterocycles. The van der Waals surface area contributed by atoms with Crippen molar-refractivity contribution in [3.8, 4) is 0 Å². The molecule has 0 bridgehead atoms. The van der Waals surface area contributed by atoms with E-state index in [1.165, 1.54) is 36.4 Å². The van der Waals surface area contributed by atoms with Gasteiger partial charge in [0.1, 0.15) is 11.1 Å². The van der Waals surface area contributed by atoms with Gasteiger partial charge in [0.2, 0.25) is 5.78 Å². The summed E-state index contributed by atoms with van der Waals surface area (Å²) in [7, 11) is 0. The van der Waals surface area contributed by atoms with Crippen LogP contribution in [0.25, 0.3) is 0 Å². The van der Waals surface area contributed by atoms with Gasteiger partial charge in [0.15, 0.2) is 5.78 Å². The lowest BCUT2D eigenvalue weighted by atomic mass is 9.82. The Bertz CT molecular complexity index is 1290. The molecule has 7 nitrogen and oxygen atoms in total. The standard InChI is InChI=1S/C21H10Cl2N2O5/c22-15-8-5-10(9-16(15)23)24-21(28)14-7-6-13-17(18(14)25(29)30)20(27)12-4-2-1-3-11(12)19(13)26/h1-9H,(H,24,28). The first kappa shape index (κ1) is 19.8. The van der Waals surface area contributed by atoms with Gasteiger partial charge < -0.3 is 5.32 Å². The Balaban J connectivity index is 1.84. The van der Waals surface area contributed by atoms with Crippen LogP contribution in [0.1, 0.15) is 42.2 Å². The molecule has 4 rings (SSSR count). The maximum Gasteiger partial charge on any atom is 0.294 e. The number of carbonyl (C=O) groups excluding carboxylic acids is 3. The van der Waals surface area contributed by atoms with Crippen molar-refractivity contribution in [1.82, 2.24) is 0 Å². The van der Waals surface area contributed by atoms with E-state index in [-0.39, 0.29) is 38.0 Å².